The number of hydrogen-bond acceptors (Lipinski definition) is 3. The molecule has 5 aromatic heterocycles. The van der Waals surface area contributed by atoms with Gasteiger partial charge in [0.15, 0.2) is 0 Å². The van der Waals surface area contributed by atoms with Crippen LogP contribution in [-0.4, -0.2) is 24.9 Å². The molecule has 7 rings (SSSR count). The molecule has 0 aromatic carbocycles. The Bertz CT molecular complexity index is 2320. The maximum atomic E-state index is 5.22. The van der Waals surface area contributed by atoms with E-state index in [0.717, 1.165) is 66.8 Å². The molecule has 0 spiro atoms. The number of rotatable bonds is 14. The fourth-order valence-electron chi connectivity index (χ4n) is 7.59. The number of aryl methyl sites for hydroxylation is 3. The second-order valence-corrected chi connectivity index (χ2v) is 15.7. The molecule has 5 nitrogen and oxygen atoms in total. The first-order chi connectivity index (χ1) is 25.6. The standard InChI is InChI=1S/C46H55N5S/c1-5-9-11-13-17-33-27-41-39-23-24-40(51-39)42-28-34(18-14-12-10-6-2)38(48-42)22-20-36-32(16-8-4)30-44(50-36)46-26-25-45(52-46)43-29-31(15-7-3)35(49-43)19-21-37(33)47-41/h19-30,47,49-50H,5-18H2,1-4H3. The van der Waals surface area contributed by atoms with Crippen LogP contribution in [0.1, 0.15) is 138 Å². The zero-order valence-electron chi connectivity index (χ0n) is 31.6. The molecule has 0 fully saturated rings. The predicted molar refractivity (Wildman–Crippen MR) is 227 cm³/mol. The second-order valence-electron chi connectivity index (χ2n) is 14.6. The average Bonchev–Trinajstić information content (AvgIpc) is 3.99. The van der Waals surface area contributed by atoms with Crippen molar-refractivity contribution in [2.45, 2.75) is 118 Å². The van der Waals surface area contributed by atoms with E-state index in [1.54, 1.807) is 0 Å². The highest BCUT2D eigenvalue weighted by molar-refractivity contribution is 7.24. The number of thiophene rings is 1. The van der Waals surface area contributed by atoms with Crippen LogP contribution in [0.4, 0.5) is 0 Å². The molecule has 3 N–H and O–H groups in total. The molecule has 2 aliphatic heterocycles. The van der Waals surface area contributed by atoms with Crippen molar-refractivity contribution in [2.75, 3.05) is 0 Å². The average molecular weight is 710 g/mol. The van der Waals surface area contributed by atoms with Gasteiger partial charge < -0.3 is 15.0 Å². The molecule has 2 aliphatic rings. The lowest BCUT2D eigenvalue weighted by Gasteiger charge is -2.01. The number of aromatic amines is 3. The van der Waals surface area contributed by atoms with Gasteiger partial charge in [0.1, 0.15) is 0 Å². The van der Waals surface area contributed by atoms with E-state index in [2.05, 4.69) is 115 Å². The summed E-state index contributed by atoms with van der Waals surface area (Å²) in [7, 11) is 0. The van der Waals surface area contributed by atoms with E-state index < -0.39 is 0 Å². The molecule has 12 bridgehead atoms. The zero-order valence-corrected chi connectivity index (χ0v) is 32.4. The molecule has 52 heavy (non-hydrogen) atoms. The lowest BCUT2D eigenvalue weighted by Crippen LogP contribution is -1.84. The van der Waals surface area contributed by atoms with Crippen molar-refractivity contribution in [3.63, 3.8) is 0 Å². The molecule has 0 amide bonds. The Morgan fingerprint density at radius 2 is 1.00 bits per heavy atom. The summed E-state index contributed by atoms with van der Waals surface area (Å²) < 4.78 is 2.52. The summed E-state index contributed by atoms with van der Waals surface area (Å²) in [4.78, 5) is 21.8. The van der Waals surface area contributed by atoms with Crippen molar-refractivity contribution in [1.29, 1.82) is 0 Å². The number of nitrogens with one attached hydrogen (secondary N) is 3. The Morgan fingerprint density at radius 1 is 0.462 bits per heavy atom. The zero-order chi connectivity index (χ0) is 35.9. The van der Waals surface area contributed by atoms with E-state index in [4.69, 9.17) is 9.97 Å². The lowest BCUT2D eigenvalue weighted by atomic mass is 10.0. The first-order valence-corrected chi connectivity index (χ1v) is 20.8. The largest absolute Gasteiger partial charge is 0.354 e. The summed E-state index contributed by atoms with van der Waals surface area (Å²) in [5.74, 6) is 0. The molecule has 0 saturated heterocycles. The Morgan fingerprint density at radius 3 is 1.62 bits per heavy atom. The number of fused-ring (bicyclic) bond motifs is 16. The molecule has 0 unspecified atom stereocenters. The van der Waals surface area contributed by atoms with Gasteiger partial charge in [-0.1, -0.05) is 79.1 Å². The predicted octanol–water partition coefficient (Wildman–Crippen LogP) is 13.8. The molecule has 7 heterocycles. The number of allylic oxidation sites excluding steroid dienone is 1. The van der Waals surface area contributed by atoms with Crippen LogP contribution in [0.15, 0.2) is 54.6 Å². The summed E-state index contributed by atoms with van der Waals surface area (Å²) >= 11 is 1.85. The van der Waals surface area contributed by atoms with Gasteiger partial charge in [0.05, 0.1) is 48.7 Å². The molecular weight excluding hydrogens is 655 g/mol. The molecule has 5 aromatic rings. The smallest absolute Gasteiger partial charge is 0.0897 e. The van der Waals surface area contributed by atoms with E-state index in [9.17, 15) is 0 Å². The third kappa shape index (κ3) is 8.13. The maximum Gasteiger partial charge on any atom is 0.0897 e. The fraction of sp³-hybridized carbons (Fsp3) is 0.391. The van der Waals surface area contributed by atoms with Crippen LogP contribution in [0.25, 0.3) is 66.3 Å². The summed E-state index contributed by atoms with van der Waals surface area (Å²) in [6, 6.07) is 20.6. The van der Waals surface area contributed by atoms with Crippen LogP contribution in [0.2, 0.25) is 0 Å². The normalized spacial score (nSPS) is 12.6. The van der Waals surface area contributed by atoms with Crippen molar-refractivity contribution in [3.05, 3.63) is 94.1 Å². The van der Waals surface area contributed by atoms with E-state index in [-0.39, 0.29) is 0 Å². The second kappa shape index (κ2) is 16.9. The van der Waals surface area contributed by atoms with E-state index in [1.807, 2.05) is 11.3 Å². The molecule has 0 radical (unpaired) electrons. The molecule has 6 heteroatoms. The van der Waals surface area contributed by atoms with E-state index >= 15 is 0 Å². The quantitative estimate of drug-likeness (QED) is 0.0985. The molecule has 0 atom stereocenters. The SMILES string of the molecule is CCCCCCC1=Cc2nc1ccc1[nH]c(cc1CCC)c1ccc(s1)c1cc(CCC)c(ccc3[nH]c(cc3CCCCCC)c3nc2C=C3)[nH]1. The van der Waals surface area contributed by atoms with Gasteiger partial charge in [0.25, 0.3) is 0 Å². The number of hydrogen-bond donors (Lipinski definition) is 3. The van der Waals surface area contributed by atoms with Gasteiger partial charge in [-0.05, 0) is 134 Å². The Hall–Kier alpha value is -4.42. The van der Waals surface area contributed by atoms with Gasteiger partial charge in [-0.25, -0.2) is 9.97 Å². The number of unbranched alkanes of at least 4 members (excludes halogenated alkanes) is 6. The highest BCUT2D eigenvalue weighted by Gasteiger charge is 2.15. The van der Waals surface area contributed by atoms with E-state index in [1.165, 1.54) is 111 Å². The fourth-order valence-corrected chi connectivity index (χ4v) is 8.54. The summed E-state index contributed by atoms with van der Waals surface area (Å²) in [6.07, 6.45) is 22.8. The number of nitrogens with zero attached hydrogens (tertiary/aromatic N) is 2. The van der Waals surface area contributed by atoms with Crippen LogP contribution in [0.5, 0.6) is 0 Å². The van der Waals surface area contributed by atoms with Gasteiger partial charge in [0.2, 0.25) is 0 Å². The highest BCUT2D eigenvalue weighted by atomic mass is 32.1. The number of aromatic nitrogens is 5. The Kier molecular flexibility index (Phi) is 11.7. The molecule has 0 aliphatic carbocycles. The van der Waals surface area contributed by atoms with Gasteiger partial charge >= 0.3 is 0 Å². The minimum atomic E-state index is 0.938. The minimum absolute atomic E-state index is 0.938. The minimum Gasteiger partial charge on any atom is -0.354 e. The molecular formula is C46H55N5S. The van der Waals surface area contributed by atoms with Crippen molar-refractivity contribution in [3.8, 4) is 0 Å². The van der Waals surface area contributed by atoms with Crippen molar-refractivity contribution in [2.24, 2.45) is 0 Å². The van der Waals surface area contributed by atoms with Crippen molar-refractivity contribution >= 4 is 77.6 Å². The summed E-state index contributed by atoms with van der Waals surface area (Å²) in [5.41, 5.74) is 16.3. The van der Waals surface area contributed by atoms with Crippen LogP contribution in [0.3, 0.4) is 0 Å². The highest BCUT2D eigenvalue weighted by Crippen LogP contribution is 2.32. The summed E-state index contributed by atoms with van der Waals surface area (Å²) in [5, 5.41) is 0. The number of H-pyrrole nitrogens is 3. The van der Waals surface area contributed by atoms with Gasteiger partial charge in [-0.15, -0.1) is 11.3 Å². The Balaban J connectivity index is 1.46. The van der Waals surface area contributed by atoms with Gasteiger partial charge in [-0.3, -0.25) is 0 Å². The third-order valence-electron chi connectivity index (χ3n) is 10.5. The van der Waals surface area contributed by atoms with Crippen LogP contribution < -0.4 is 0 Å². The monoisotopic (exact) mass is 709 g/mol. The van der Waals surface area contributed by atoms with Crippen LogP contribution >= 0.6 is 11.3 Å². The topological polar surface area (TPSA) is 73.2 Å². The maximum absolute atomic E-state index is 5.22. The first-order valence-electron chi connectivity index (χ1n) is 20.0. The molecule has 0 saturated carbocycles. The van der Waals surface area contributed by atoms with Crippen molar-refractivity contribution in [1.82, 2.24) is 24.9 Å². The lowest BCUT2D eigenvalue weighted by molar-refractivity contribution is 0.668. The summed E-state index contributed by atoms with van der Waals surface area (Å²) in [6.45, 7) is 9.07. The Labute approximate surface area is 313 Å². The van der Waals surface area contributed by atoms with Gasteiger partial charge in [0, 0.05) is 16.6 Å². The molecule has 270 valence electrons. The van der Waals surface area contributed by atoms with Crippen LogP contribution in [-0.2, 0) is 19.3 Å². The van der Waals surface area contributed by atoms with Crippen LogP contribution in [0, 0.1) is 0 Å². The first kappa shape index (κ1) is 36.0. The van der Waals surface area contributed by atoms with E-state index in [0.29, 0.717) is 0 Å². The van der Waals surface area contributed by atoms with Gasteiger partial charge in [-0.2, -0.15) is 0 Å². The van der Waals surface area contributed by atoms with Crippen molar-refractivity contribution < 1.29 is 0 Å². The third-order valence-corrected chi connectivity index (χ3v) is 11.6.